The topological polar surface area (TPSA) is 20.2 Å². The summed E-state index contributed by atoms with van der Waals surface area (Å²) in [6, 6.07) is 0. The summed E-state index contributed by atoms with van der Waals surface area (Å²) >= 11 is 0. The molecule has 4 rings (SSSR count). The first-order chi connectivity index (χ1) is 15.3. The number of rotatable bonds is 9. The Morgan fingerprint density at radius 3 is 2.56 bits per heavy atom. The van der Waals surface area contributed by atoms with Crippen molar-refractivity contribution in [3.05, 3.63) is 18.1 Å². The van der Waals surface area contributed by atoms with Gasteiger partial charge in [0.05, 0.1) is 0 Å². The van der Waals surface area contributed by atoms with E-state index in [0.29, 0.717) is 17.4 Å². The number of fused-ring (bicyclic) bond motifs is 5. The summed E-state index contributed by atoms with van der Waals surface area (Å²) in [6.45, 7) is 13.1. The standard InChI is InChI=1S/C31H53O/c1-22(2)9-8-10-23(3)27-14-15-28-26-13-12-25-21-24(11-6-7-20-32)16-18-30(25,4)29(26)17-19-31(27,28)5/h11-12,22-24,26-29,32H,6-10,13-21H2,1-5H3/t23-,24?,26?,27-,28?,29?,30+,31-/m1/s1. The fourth-order valence-electron chi connectivity index (χ4n) is 9.36. The van der Waals surface area contributed by atoms with Crippen LogP contribution < -0.4 is 0 Å². The fraction of sp³-hybridized carbons (Fsp3) is 0.903. The maximum atomic E-state index is 9.13. The molecule has 1 nitrogen and oxygen atoms in total. The van der Waals surface area contributed by atoms with E-state index in [-0.39, 0.29) is 0 Å². The molecule has 0 spiro atoms. The van der Waals surface area contributed by atoms with Crippen LogP contribution in [0.5, 0.6) is 0 Å². The molecule has 1 N–H and O–H groups in total. The largest absolute Gasteiger partial charge is 0.396 e. The highest BCUT2D eigenvalue weighted by molar-refractivity contribution is 5.25. The van der Waals surface area contributed by atoms with Crippen molar-refractivity contribution in [2.24, 2.45) is 52.3 Å². The number of hydrogen-bond acceptors (Lipinski definition) is 1. The zero-order chi connectivity index (χ0) is 22.9. The van der Waals surface area contributed by atoms with Crippen LogP contribution in [0.15, 0.2) is 11.6 Å². The minimum atomic E-state index is 0.338. The summed E-state index contributed by atoms with van der Waals surface area (Å²) in [4.78, 5) is 0. The molecule has 1 heteroatoms. The van der Waals surface area contributed by atoms with E-state index in [4.69, 9.17) is 5.11 Å². The SMILES string of the molecule is CC(C)CCC[C@@H](C)[C@H]1CCC2C3CC=C4CC([CH]CCCO)CC[C@]4(C)C3CC[C@@]21C. The van der Waals surface area contributed by atoms with Crippen molar-refractivity contribution in [3.63, 3.8) is 0 Å². The van der Waals surface area contributed by atoms with Gasteiger partial charge in [-0.05, 0) is 123 Å². The van der Waals surface area contributed by atoms with Crippen molar-refractivity contribution in [1.82, 2.24) is 0 Å². The quantitative estimate of drug-likeness (QED) is 0.280. The first-order valence-electron chi connectivity index (χ1n) is 14.4. The van der Waals surface area contributed by atoms with Gasteiger partial charge in [0, 0.05) is 6.61 Å². The van der Waals surface area contributed by atoms with Gasteiger partial charge in [-0.15, -0.1) is 0 Å². The molecule has 183 valence electrons. The third-order valence-electron chi connectivity index (χ3n) is 11.2. The van der Waals surface area contributed by atoms with Crippen LogP contribution in [0.2, 0.25) is 0 Å². The van der Waals surface area contributed by atoms with Gasteiger partial charge >= 0.3 is 0 Å². The van der Waals surface area contributed by atoms with Crippen LogP contribution in [0, 0.1) is 58.7 Å². The second kappa shape index (κ2) is 10.1. The summed E-state index contributed by atoms with van der Waals surface area (Å²) < 4.78 is 0. The summed E-state index contributed by atoms with van der Waals surface area (Å²) in [7, 11) is 0. The molecule has 4 aliphatic rings. The Balaban J connectivity index is 1.42. The summed E-state index contributed by atoms with van der Waals surface area (Å²) in [5.74, 6) is 6.36. The normalized spacial score (nSPS) is 42.2. The Labute approximate surface area is 200 Å². The third kappa shape index (κ3) is 4.63. The highest BCUT2D eigenvalue weighted by Crippen LogP contribution is 2.67. The molecule has 0 saturated heterocycles. The highest BCUT2D eigenvalue weighted by atomic mass is 16.2. The molecular weight excluding hydrogens is 388 g/mol. The lowest BCUT2D eigenvalue weighted by Crippen LogP contribution is -2.50. The van der Waals surface area contributed by atoms with Crippen LogP contribution in [0.25, 0.3) is 0 Å². The molecule has 3 fully saturated rings. The molecule has 3 saturated carbocycles. The number of unbranched alkanes of at least 4 members (excludes halogenated alkanes) is 1. The predicted molar refractivity (Wildman–Crippen MR) is 137 cm³/mol. The zero-order valence-electron chi connectivity index (χ0n) is 22.0. The Morgan fingerprint density at radius 1 is 1.00 bits per heavy atom. The maximum absolute atomic E-state index is 9.13. The van der Waals surface area contributed by atoms with Gasteiger partial charge in [-0.2, -0.15) is 0 Å². The van der Waals surface area contributed by atoms with Crippen LogP contribution >= 0.6 is 0 Å². The van der Waals surface area contributed by atoms with E-state index in [1.807, 2.05) is 5.57 Å². The lowest BCUT2D eigenvalue weighted by molar-refractivity contribution is -0.0520. The van der Waals surface area contributed by atoms with Gasteiger partial charge in [0.25, 0.3) is 0 Å². The van der Waals surface area contributed by atoms with Crippen molar-refractivity contribution in [2.75, 3.05) is 6.61 Å². The molecule has 0 aliphatic heterocycles. The second-order valence-corrected chi connectivity index (χ2v) is 13.4. The molecule has 0 bridgehead atoms. The average molecular weight is 442 g/mol. The number of aliphatic hydroxyl groups excluding tert-OH is 1. The Hall–Kier alpha value is -0.300. The first-order valence-corrected chi connectivity index (χ1v) is 14.4. The third-order valence-corrected chi connectivity index (χ3v) is 11.2. The molecule has 0 aromatic heterocycles. The van der Waals surface area contributed by atoms with Gasteiger partial charge in [-0.25, -0.2) is 0 Å². The Kier molecular flexibility index (Phi) is 7.86. The first kappa shape index (κ1) is 24.8. The monoisotopic (exact) mass is 441 g/mol. The van der Waals surface area contributed by atoms with Crippen molar-refractivity contribution < 1.29 is 5.11 Å². The number of allylic oxidation sites excluding steroid dienone is 2. The Bertz CT molecular complexity index is 649. The van der Waals surface area contributed by atoms with Crippen LogP contribution in [-0.2, 0) is 0 Å². The van der Waals surface area contributed by atoms with Gasteiger partial charge in [0.15, 0.2) is 0 Å². The molecule has 4 aliphatic carbocycles. The molecule has 0 amide bonds. The molecule has 0 aromatic carbocycles. The number of hydrogen-bond donors (Lipinski definition) is 1. The molecule has 8 atom stereocenters. The average Bonchev–Trinajstić information content (AvgIpc) is 3.11. The summed E-state index contributed by atoms with van der Waals surface area (Å²) in [5.41, 5.74) is 2.90. The molecule has 0 aromatic rings. The molecular formula is C31H53O. The van der Waals surface area contributed by atoms with Gasteiger partial charge in [0.1, 0.15) is 0 Å². The lowest BCUT2D eigenvalue weighted by Gasteiger charge is -2.58. The van der Waals surface area contributed by atoms with Crippen LogP contribution in [0.3, 0.4) is 0 Å². The van der Waals surface area contributed by atoms with Crippen molar-refractivity contribution in [3.8, 4) is 0 Å². The molecule has 32 heavy (non-hydrogen) atoms. The van der Waals surface area contributed by atoms with Gasteiger partial charge in [0.2, 0.25) is 0 Å². The summed E-state index contributed by atoms with van der Waals surface area (Å²) in [6.07, 6.45) is 23.0. The van der Waals surface area contributed by atoms with E-state index in [1.54, 1.807) is 0 Å². The minimum Gasteiger partial charge on any atom is -0.396 e. The molecule has 1 radical (unpaired) electrons. The Morgan fingerprint density at radius 2 is 1.81 bits per heavy atom. The highest BCUT2D eigenvalue weighted by Gasteiger charge is 2.59. The van der Waals surface area contributed by atoms with Crippen LogP contribution in [0.4, 0.5) is 0 Å². The second-order valence-electron chi connectivity index (χ2n) is 13.4. The predicted octanol–water partition coefficient (Wildman–Crippen LogP) is 8.62. The lowest BCUT2D eigenvalue weighted by atomic mass is 9.46. The van der Waals surface area contributed by atoms with E-state index in [2.05, 4.69) is 47.1 Å². The smallest absolute Gasteiger partial charge is 0.0431 e. The van der Waals surface area contributed by atoms with E-state index in [1.165, 1.54) is 70.6 Å². The zero-order valence-corrected chi connectivity index (χ0v) is 22.0. The van der Waals surface area contributed by atoms with Crippen molar-refractivity contribution in [1.29, 1.82) is 0 Å². The maximum Gasteiger partial charge on any atom is 0.0431 e. The fourth-order valence-corrected chi connectivity index (χ4v) is 9.36. The summed E-state index contributed by atoms with van der Waals surface area (Å²) in [5, 5.41) is 9.13. The van der Waals surface area contributed by atoms with Crippen LogP contribution in [0.1, 0.15) is 118 Å². The van der Waals surface area contributed by atoms with E-state index in [9.17, 15) is 0 Å². The van der Waals surface area contributed by atoms with Crippen LogP contribution in [-0.4, -0.2) is 11.7 Å². The van der Waals surface area contributed by atoms with Crippen molar-refractivity contribution >= 4 is 0 Å². The van der Waals surface area contributed by atoms with E-state index < -0.39 is 0 Å². The van der Waals surface area contributed by atoms with E-state index in [0.717, 1.165) is 54.3 Å². The molecule has 0 heterocycles. The van der Waals surface area contributed by atoms with Crippen molar-refractivity contribution in [2.45, 2.75) is 118 Å². The van der Waals surface area contributed by atoms with Gasteiger partial charge in [-0.3, -0.25) is 0 Å². The minimum absolute atomic E-state index is 0.338. The van der Waals surface area contributed by atoms with Gasteiger partial charge < -0.3 is 5.11 Å². The van der Waals surface area contributed by atoms with E-state index >= 15 is 0 Å². The number of aliphatic hydroxyl groups is 1. The molecule has 4 unspecified atom stereocenters. The van der Waals surface area contributed by atoms with Gasteiger partial charge in [-0.1, -0.05) is 65.5 Å².